The topological polar surface area (TPSA) is 129 Å². The highest BCUT2D eigenvalue weighted by molar-refractivity contribution is 5.26. The van der Waals surface area contributed by atoms with Crippen molar-refractivity contribution in [2.45, 2.75) is 374 Å². The second-order valence-corrected chi connectivity index (χ2v) is 26.4. The quantitative estimate of drug-likeness (QED) is 0.104. The van der Waals surface area contributed by atoms with E-state index in [1.165, 1.54) is 44.8 Å². The molecular weight excluding hydrogens is 1200 g/mol. The first-order chi connectivity index (χ1) is 46.3. The monoisotopic (exact) mass is 1360 g/mol. The lowest BCUT2D eigenvalue weighted by atomic mass is 9.97. The molecule has 560 valence electrons. The predicted octanol–water partition coefficient (Wildman–Crippen LogP) is 28.7. The van der Waals surface area contributed by atoms with Crippen LogP contribution in [0, 0.1) is 0 Å². The van der Waals surface area contributed by atoms with Gasteiger partial charge in [0.25, 0.3) is 0 Å². The van der Waals surface area contributed by atoms with Gasteiger partial charge in [-0.1, -0.05) is 327 Å². The third kappa shape index (κ3) is 49.4. The summed E-state index contributed by atoms with van der Waals surface area (Å²) < 4.78 is 0. The van der Waals surface area contributed by atoms with E-state index in [1.54, 1.807) is 0 Å². The van der Waals surface area contributed by atoms with E-state index in [9.17, 15) is 0 Å². The molecule has 0 saturated carbocycles. The van der Waals surface area contributed by atoms with Crippen molar-refractivity contribution in [3.8, 4) is 0 Å². The fraction of sp³-hybridized carbons (Fsp3) is 0.636. The van der Waals surface area contributed by atoms with Gasteiger partial charge in [-0.2, -0.15) is 10.2 Å². The van der Waals surface area contributed by atoms with Gasteiger partial charge in [-0.15, -0.1) is 0 Å². The van der Waals surface area contributed by atoms with Crippen LogP contribution in [0.15, 0.2) is 110 Å². The third-order valence-corrected chi connectivity index (χ3v) is 13.9. The molecule has 0 N–H and O–H groups in total. The number of pyridine rings is 2. The van der Waals surface area contributed by atoms with Gasteiger partial charge in [0.15, 0.2) is 0 Å². The molecule has 0 fully saturated rings. The smallest absolute Gasteiger partial charge is 0.130 e. The minimum Gasteiger partial charge on any atom is -0.261 e. The first kappa shape index (κ1) is 105. The van der Waals surface area contributed by atoms with Crippen LogP contribution in [-0.2, 0) is 0 Å². The molecule has 0 atom stereocenters. The molecule has 6 aromatic heterocycles. The number of aromatic nitrogens is 10. The van der Waals surface area contributed by atoms with Gasteiger partial charge in [-0.3, -0.25) is 19.9 Å². The van der Waals surface area contributed by atoms with Crippen molar-refractivity contribution in [1.29, 1.82) is 0 Å². The van der Waals surface area contributed by atoms with Crippen molar-refractivity contribution in [3.05, 3.63) is 189 Å². The second-order valence-electron chi connectivity index (χ2n) is 26.4. The zero-order valence-electron chi connectivity index (χ0n) is 71.9. The number of nitrogens with zero attached hydrogens (tertiary/aromatic N) is 10. The fourth-order valence-corrected chi connectivity index (χ4v) is 7.27. The summed E-state index contributed by atoms with van der Waals surface area (Å²) in [4.78, 5) is 34.6. The van der Waals surface area contributed by atoms with E-state index in [-0.39, 0.29) is 0 Å². The van der Waals surface area contributed by atoms with Crippen LogP contribution in [0.5, 0.6) is 0 Å². The first-order valence-electron chi connectivity index (χ1n) is 38.6. The van der Waals surface area contributed by atoms with E-state index in [4.69, 9.17) is 0 Å². The Balaban J connectivity index is -0.000000191. The molecule has 98 heavy (non-hydrogen) atoms. The van der Waals surface area contributed by atoms with Gasteiger partial charge in [0.05, 0.1) is 22.8 Å². The van der Waals surface area contributed by atoms with Gasteiger partial charge in [0, 0.05) is 72.8 Å². The van der Waals surface area contributed by atoms with Gasteiger partial charge in [-0.05, 0) is 129 Å². The Morgan fingerprint density at radius 1 is 0.153 bits per heavy atom. The van der Waals surface area contributed by atoms with Crippen LogP contribution in [0.2, 0.25) is 0 Å². The summed E-state index contributed by atoms with van der Waals surface area (Å²) in [7, 11) is 0. The molecule has 0 unspecified atom stereocenters. The summed E-state index contributed by atoms with van der Waals surface area (Å²) in [5.41, 5.74) is 14.5. The van der Waals surface area contributed by atoms with Crippen LogP contribution < -0.4 is 0 Å². The van der Waals surface area contributed by atoms with Crippen LogP contribution in [0.1, 0.15) is 453 Å². The van der Waals surface area contributed by atoms with Crippen molar-refractivity contribution in [2.75, 3.05) is 0 Å². The lowest BCUT2D eigenvalue weighted by Crippen LogP contribution is -1.99. The normalized spacial score (nSPS) is 10.0. The molecule has 7 aromatic rings. The van der Waals surface area contributed by atoms with Gasteiger partial charge < -0.3 is 0 Å². The molecule has 10 nitrogen and oxygen atoms in total. The molecule has 6 heterocycles. The first-order valence-corrected chi connectivity index (χ1v) is 38.6. The van der Waals surface area contributed by atoms with E-state index >= 15 is 0 Å². The summed E-state index contributed by atoms with van der Waals surface area (Å²) in [5.74, 6) is 9.15. The molecule has 0 radical (unpaired) electrons. The summed E-state index contributed by atoms with van der Waals surface area (Å²) in [6, 6.07) is 21.7. The highest BCUT2D eigenvalue weighted by Gasteiger charge is 2.09. The number of rotatable bonds is 14. The van der Waals surface area contributed by atoms with E-state index in [1.807, 2.05) is 147 Å². The van der Waals surface area contributed by atoms with E-state index in [0.29, 0.717) is 82.9 Å². The highest BCUT2D eigenvalue weighted by Crippen LogP contribution is 2.22. The Morgan fingerprint density at radius 3 is 0.469 bits per heavy atom. The van der Waals surface area contributed by atoms with E-state index < -0.39 is 0 Å². The molecule has 0 saturated heterocycles. The molecule has 0 aliphatic carbocycles. The van der Waals surface area contributed by atoms with Gasteiger partial charge >= 0.3 is 0 Å². The van der Waals surface area contributed by atoms with Gasteiger partial charge in [0.1, 0.15) is 11.6 Å². The van der Waals surface area contributed by atoms with Crippen LogP contribution in [0.4, 0.5) is 0 Å². The fourth-order valence-electron chi connectivity index (χ4n) is 7.27. The largest absolute Gasteiger partial charge is 0.261 e. The SMILES string of the molecule is CC.CC.CC.CC.CC.CC.CC.CC(C)c1ccc(C(C)C)cc1.CC(C)c1ccc(C(C)C)nc1.CC(C)c1ccc(C(C)C)nc1.CC(C)c1ccc(C(C)C)nn1.CC(C)c1cnc(C(C)C)cn1.CC(C)c1cnc(C(C)C)nc1.CC(C)c1cnc(C(C)C)nc1. The number of benzene rings is 1. The lowest BCUT2D eigenvalue weighted by Gasteiger charge is -2.08. The van der Waals surface area contributed by atoms with Crippen molar-refractivity contribution in [3.63, 3.8) is 0 Å². The van der Waals surface area contributed by atoms with Gasteiger partial charge in [0.2, 0.25) is 0 Å². The summed E-state index contributed by atoms with van der Waals surface area (Å²) in [6.45, 7) is 88.3. The molecule has 0 amide bonds. The van der Waals surface area contributed by atoms with Crippen molar-refractivity contribution in [2.24, 2.45) is 0 Å². The number of hydrogen-bond donors (Lipinski definition) is 0. The summed E-state index contributed by atoms with van der Waals surface area (Å²) >= 11 is 0. The molecule has 1 aromatic carbocycles. The van der Waals surface area contributed by atoms with Crippen LogP contribution in [0.3, 0.4) is 0 Å². The van der Waals surface area contributed by atoms with Gasteiger partial charge in [-0.25, -0.2) is 19.9 Å². The maximum absolute atomic E-state index is 4.40. The molecule has 7 rings (SSSR count). The molecule has 0 spiro atoms. The lowest BCUT2D eigenvalue weighted by molar-refractivity contribution is 0.733. The van der Waals surface area contributed by atoms with Crippen LogP contribution >= 0.6 is 0 Å². The summed E-state index contributed by atoms with van der Waals surface area (Å²) in [5, 5.41) is 8.30. The zero-order valence-corrected chi connectivity index (χ0v) is 71.9. The Labute approximate surface area is 609 Å². The summed E-state index contributed by atoms with van der Waals surface area (Å²) in [6.07, 6.45) is 15.4. The van der Waals surface area contributed by atoms with Crippen LogP contribution in [0.25, 0.3) is 0 Å². The molecule has 10 heteroatoms. The second kappa shape index (κ2) is 65.5. The Kier molecular flexibility index (Phi) is 70.3. The predicted molar refractivity (Wildman–Crippen MR) is 440 cm³/mol. The Hall–Kier alpha value is -6.16. The van der Waals surface area contributed by atoms with E-state index in [2.05, 4.69) is 305 Å². The average Bonchev–Trinajstić information content (AvgIpc) is 1.20. The average molecular weight is 1360 g/mol. The third-order valence-electron chi connectivity index (χ3n) is 13.9. The molecule has 0 bridgehead atoms. The standard InChI is InChI=1S/C12H18.2C11H17N.4C10H16N2.7C2H6/c1-9(2)11-5-7-12(8-6-11)10(3)4;2*1-8(2)10-5-6-11(9(3)4)12-7-10;1-7(2)9-5-12-10(6-11-9)8(3)4;2*1-7(2)9-5-11-10(8(3)4)12-6-9;1-7(2)9-5-6-10(8(3)4)12-11-9;7*1-2/h5-10H,1-4H3;2*5-9H,1-4H3;4*5-8H,1-4H3;7*1-2H3. The molecular formula is C88H158N10. The van der Waals surface area contributed by atoms with Crippen LogP contribution in [-0.4, -0.2) is 50.1 Å². The van der Waals surface area contributed by atoms with Crippen molar-refractivity contribution >= 4 is 0 Å². The maximum Gasteiger partial charge on any atom is 0.130 e. The Morgan fingerprint density at radius 2 is 0.327 bits per heavy atom. The van der Waals surface area contributed by atoms with E-state index in [0.717, 1.165) is 34.4 Å². The minimum atomic E-state index is 0.422. The minimum absolute atomic E-state index is 0.422. The highest BCUT2D eigenvalue weighted by atomic mass is 15.1. The van der Waals surface area contributed by atoms with Crippen molar-refractivity contribution < 1.29 is 0 Å². The molecule has 0 aliphatic rings. The van der Waals surface area contributed by atoms with Crippen molar-refractivity contribution in [1.82, 2.24) is 50.1 Å². The maximum atomic E-state index is 4.40. The Bertz CT molecular complexity index is 2000. The molecule has 0 aliphatic heterocycles. The zero-order chi connectivity index (χ0) is 78.0. The number of hydrogen-bond acceptors (Lipinski definition) is 10.